The number of nitrogens with one attached hydrogen (secondary N) is 1. The molecule has 3 rings (SSSR count). The van der Waals surface area contributed by atoms with Gasteiger partial charge in [0.25, 0.3) is 12.4 Å². The number of nitrogens with zero attached hydrogens (tertiary/aromatic N) is 3. The van der Waals surface area contributed by atoms with Crippen molar-refractivity contribution in [1.29, 1.82) is 0 Å². The predicted octanol–water partition coefficient (Wildman–Crippen LogP) is 3.76. The first-order chi connectivity index (χ1) is 12.6. The van der Waals surface area contributed by atoms with Crippen molar-refractivity contribution in [1.82, 2.24) is 19.6 Å². The van der Waals surface area contributed by atoms with E-state index >= 15 is 0 Å². The zero-order valence-corrected chi connectivity index (χ0v) is 13.6. The first kappa shape index (κ1) is 19.0. The Morgan fingerprint density at radius 2 is 2.00 bits per heavy atom. The van der Waals surface area contributed by atoms with Crippen LogP contribution in [0.2, 0.25) is 5.02 Å². The van der Waals surface area contributed by atoms with Crippen LogP contribution >= 0.6 is 11.6 Å². The fourth-order valence-electron chi connectivity index (χ4n) is 2.24. The van der Waals surface area contributed by atoms with E-state index in [0.29, 0.717) is 4.52 Å². The molecule has 0 saturated carbocycles. The van der Waals surface area contributed by atoms with Gasteiger partial charge in [0.1, 0.15) is 11.5 Å². The van der Waals surface area contributed by atoms with Gasteiger partial charge < -0.3 is 4.74 Å². The quantitative estimate of drug-likeness (QED) is 0.662. The second-order valence-corrected chi connectivity index (χ2v) is 5.58. The molecule has 144 valence electrons. The molecule has 0 atom stereocenters. The lowest BCUT2D eigenvalue weighted by atomic mass is 10.1. The van der Waals surface area contributed by atoms with Gasteiger partial charge in [-0.25, -0.2) is 18.0 Å². The topological polar surface area (TPSA) is 72.3 Å². The smallest absolute Gasteiger partial charge is 0.422 e. The molecule has 13 heteroatoms. The van der Waals surface area contributed by atoms with E-state index in [0.717, 1.165) is 12.1 Å². The average Bonchev–Trinajstić information content (AvgIpc) is 2.95. The molecular formula is C14H7ClF6N4O2. The first-order valence-corrected chi connectivity index (χ1v) is 7.40. The SMILES string of the molecule is O=c1[nH]c(OCC(F)(F)F)nc2c(-c3ccc(Cl)c(F)c3)c(C(F)F)nn12. The second-order valence-electron chi connectivity index (χ2n) is 5.18. The maximum Gasteiger partial charge on any atom is 0.422 e. The van der Waals surface area contributed by atoms with Gasteiger partial charge in [0, 0.05) is 0 Å². The average molecular weight is 413 g/mol. The number of ether oxygens (including phenoxy) is 1. The molecule has 0 radical (unpaired) electrons. The third-order valence-electron chi connectivity index (χ3n) is 3.29. The van der Waals surface area contributed by atoms with Gasteiger partial charge in [-0.3, -0.25) is 4.98 Å². The minimum absolute atomic E-state index is 0.151. The summed E-state index contributed by atoms with van der Waals surface area (Å²) in [6, 6.07) is 2.21. The van der Waals surface area contributed by atoms with Gasteiger partial charge in [0.05, 0.1) is 10.6 Å². The van der Waals surface area contributed by atoms with Crippen molar-refractivity contribution in [2.24, 2.45) is 0 Å². The highest BCUT2D eigenvalue weighted by molar-refractivity contribution is 6.30. The van der Waals surface area contributed by atoms with Crippen molar-refractivity contribution in [3.63, 3.8) is 0 Å². The Labute approximate surface area is 150 Å². The molecule has 0 amide bonds. The predicted molar refractivity (Wildman–Crippen MR) is 80.5 cm³/mol. The van der Waals surface area contributed by atoms with Crippen LogP contribution in [-0.2, 0) is 0 Å². The van der Waals surface area contributed by atoms with E-state index in [1.54, 1.807) is 0 Å². The van der Waals surface area contributed by atoms with E-state index in [2.05, 4.69) is 14.8 Å². The Balaban J connectivity index is 2.23. The summed E-state index contributed by atoms with van der Waals surface area (Å²) in [6.45, 7) is -1.77. The molecule has 0 bridgehead atoms. The van der Waals surface area contributed by atoms with Gasteiger partial charge in [0.15, 0.2) is 12.3 Å². The lowest BCUT2D eigenvalue weighted by Gasteiger charge is -2.08. The highest BCUT2D eigenvalue weighted by atomic mass is 35.5. The molecule has 0 spiro atoms. The number of benzene rings is 1. The van der Waals surface area contributed by atoms with Crippen LogP contribution < -0.4 is 10.4 Å². The van der Waals surface area contributed by atoms with E-state index in [1.165, 1.54) is 6.07 Å². The Morgan fingerprint density at radius 1 is 1.30 bits per heavy atom. The molecule has 27 heavy (non-hydrogen) atoms. The van der Waals surface area contributed by atoms with Crippen LogP contribution in [0.4, 0.5) is 26.3 Å². The number of fused-ring (bicyclic) bond motifs is 1. The third-order valence-corrected chi connectivity index (χ3v) is 3.60. The molecule has 0 saturated heterocycles. The molecule has 3 aromatic rings. The van der Waals surface area contributed by atoms with Gasteiger partial charge in [-0.1, -0.05) is 17.7 Å². The molecule has 6 nitrogen and oxygen atoms in total. The Kier molecular flexibility index (Phi) is 4.76. The number of hydrogen-bond acceptors (Lipinski definition) is 4. The lowest BCUT2D eigenvalue weighted by Crippen LogP contribution is -2.24. The maximum atomic E-state index is 13.7. The summed E-state index contributed by atoms with van der Waals surface area (Å²) in [5, 5.41) is 3.13. The molecular weight excluding hydrogens is 406 g/mol. The Morgan fingerprint density at radius 3 is 2.59 bits per heavy atom. The summed E-state index contributed by atoms with van der Waals surface area (Å²) >= 11 is 5.56. The summed E-state index contributed by atoms with van der Waals surface area (Å²) in [5.41, 5.74) is -3.21. The molecule has 2 aromatic heterocycles. The van der Waals surface area contributed by atoms with Crippen LogP contribution in [0.5, 0.6) is 6.01 Å². The number of rotatable bonds is 4. The number of aromatic amines is 1. The zero-order valence-electron chi connectivity index (χ0n) is 12.8. The van der Waals surface area contributed by atoms with Crippen LogP contribution in [0.25, 0.3) is 16.8 Å². The van der Waals surface area contributed by atoms with Crippen LogP contribution in [0.15, 0.2) is 23.0 Å². The van der Waals surface area contributed by atoms with Gasteiger partial charge in [-0.15, -0.1) is 0 Å². The van der Waals surface area contributed by atoms with Crippen molar-refractivity contribution in [3.8, 4) is 17.1 Å². The molecule has 0 fully saturated rings. The van der Waals surface area contributed by atoms with Crippen molar-refractivity contribution in [3.05, 3.63) is 45.2 Å². The monoisotopic (exact) mass is 412 g/mol. The highest BCUT2D eigenvalue weighted by Crippen LogP contribution is 2.34. The van der Waals surface area contributed by atoms with E-state index in [9.17, 15) is 31.1 Å². The number of H-pyrrole nitrogens is 1. The zero-order chi connectivity index (χ0) is 19.9. The van der Waals surface area contributed by atoms with Crippen molar-refractivity contribution in [2.45, 2.75) is 12.6 Å². The van der Waals surface area contributed by atoms with Crippen LogP contribution in [0.3, 0.4) is 0 Å². The van der Waals surface area contributed by atoms with E-state index in [-0.39, 0.29) is 10.6 Å². The number of alkyl halides is 5. The van der Waals surface area contributed by atoms with Crippen LogP contribution in [-0.4, -0.2) is 32.4 Å². The lowest BCUT2D eigenvalue weighted by molar-refractivity contribution is -0.154. The van der Waals surface area contributed by atoms with Gasteiger partial charge in [-0.05, 0) is 17.7 Å². The van der Waals surface area contributed by atoms with Crippen molar-refractivity contribution < 1.29 is 31.1 Å². The standard InChI is InChI=1S/C14H7ClF6N4O2/c15-6-2-1-5(3-7(6)16)8-9(10(17)18)24-25-11(8)22-12(23-13(25)26)27-4-14(19,20)21/h1-3,10H,4H2,(H,22,23,26). The summed E-state index contributed by atoms with van der Waals surface area (Å²) < 4.78 is 82.0. The van der Waals surface area contributed by atoms with E-state index < -0.39 is 53.6 Å². The van der Waals surface area contributed by atoms with Gasteiger partial charge in [0.2, 0.25) is 0 Å². The van der Waals surface area contributed by atoms with E-state index in [4.69, 9.17) is 11.6 Å². The van der Waals surface area contributed by atoms with Gasteiger partial charge in [-0.2, -0.15) is 27.8 Å². The number of hydrogen-bond donors (Lipinski definition) is 1. The number of halogens is 7. The van der Waals surface area contributed by atoms with E-state index in [1.807, 2.05) is 4.98 Å². The molecule has 1 aromatic carbocycles. The molecule has 0 aliphatic rings. The second kappa shape index (κ2) is 6.76. The normalized spacial score (nSPS) is 12.1. The largest absolute Gasteiger partial charge is 0.455 e. The minimum atomic E-state index is -4.72. The van der Waals surface area contributed by atoms with Crippen molar-refractivity contribution >= 4 is 17.2 Å². The summed E-state index contributed by atoms with van der Waals surface area (Å²) in [4.78, 5) is 17.4. The molecule has 0 unspecified atom stereocenters. The van der Waals surface area contributed by atoms with Crippen LogP contribution in [0, 0.1) is 5.82 Å². The molecule has 1 N–H and O–H groups in total. The maximum absolute atomic E-state index is 13.7. The Hall–Kier alpha value is -2.76. The molecule has 2 heterocycles. The summed E-state index contributed by atoms with van der Waals surface area (Å²) in [5.74, 6) is -0.938. The fraction of sp³-hybridized carbons (Fsp3) is 0.214. The minimum Gasteiger partial charge on any atom is -0.455 e. The third kappa shape index (κ3) is 3.84. The summed E-state index contributed by atoms with van der Waals surface area (Å²) in [7, 11) is 0. The van der Waals surface area contributed by atoms with Gasteiger partial charge >= 0.3 is 11.9 Å². The molecule has 0 aliphatic heterocycles. The summed E-state index contributed by atoms with van der Waals surface area (Å²) in [6.07, 6.45) is -7.90. The fourth-order valence-corrected chi connectivity index (χ4v) is 2.36. The first-order valence-electron chi connectivity index (χ1n) is 7.03. The molecule has 0 aliphatic carbocycles. The Bertz CT molecular complexity index is 1060. The number of aromatic nitrogens is 4. The van der Waals surface area contributed by atoms with Crippen LogP contribution in [0.1, 0.15) is 12.1 Å². The highest BCUT2D eigenvalue weighted by Gasteiger charge is 2.30. The van der Waals surface area contributed by atoms with Crippen molar-refractivity contribution in [2.75, 3.05) is 6.61 Å².